The van der Waals surface area contributed by atoms with E-state index >= 15 is 0 Å². The van der Waals surface area contributed by atoms with Gasteiger partial charge in [0.25, 0.3) is 0 Å². The van der Waals surface area contributed by atoms with Crippen molar-refractivity contribution in [2.75, 3.05) is 0 Å². The summed E-state index contributed by atoms with van der Waals surface area (Å²) in [5.74, 6) is 0.684. The molecule has 0 spiro atoms. The number of hydrogen-bond acceptors (Lipinski definition) is 0. The highest BCUT2D eigenvalue weighted by Gasteiger charge is 2.08. The monoisotopic (exact) mass is 288 g/mol. The Morgan fingerprint density at radius 3 is 2.18 bits per heavy atom. The molecule has 0 fully saturated rings. The first kappa shape index (κ1) is 14.8. The third-order valence-corrected chi connectivity index (χ3v) is 4.68. The molecule has 0 N–H and O–H groups in total. The van der Waals surface area contributed by atoms with Crippen molar-refractivity contribution >= 4 is 10.8 Å². The lowest BCUT2D eigenvalue weighted by Gasteiger charge is -2.14. The third kappa shape index (κ3) is 2.78. The van der Waals surface area contributed by atoms with Gasteiger partial charge in [-0.2, -0.15) is 0 Å². The smallest absolute Gasteiger partial charge is 0.0103 e. The van der Waals surface area contributed by atoms with E-state index < -0.39 is 0 Å². The van der Waals surface area contributed by atoms with Crippen LogP contribution >= 0.6 is 0 Å². The van der Waals surface area contributed by atoms with Gasteiger partial charge in [0.1, 0.15) is 0 Å². The van der Waals surface area contributed by atoms with Crippen LogP contribution in [-0.4, -0.2) is 0 Å². The van der Waals surface area contributed by atoms with Gasteiger partial charge in [0.05, 0.1) is 0 Å². The Labute approximate surface area is 133 Å². The summed E-state index contributed by atoms with van der Waals surface area (Å²) < 4.78 is 0. The lowest BCUT2D eigenvalue weighted by Crippen LogP contribution is -1.95. The van der Waals surface area contributed by atoms with Gasteiger partial charge in [0, 0.05) is 0 Å². The minimum Gasteiger partial charge on any atom is -0.0648 e. The van der Waals surface area contributed by atoms with Crippen molar-refractivity contribution in [3.05, 3.63) is 71.8 Å². The minimum absolute atomic E-state index is 0.684. The minimum atomic E-state index is 0.684. The van der Waals surface area contributed by atoms with Crippen molar-refractivity contribution in [3.8, 4) is 11.1 Å². The lowest BCUT2D eigenvalue weighted by atomic mass is 9.91. The fraction of sp³-hybridized carbons (Fsp3) is 0.273. The van der Waals surface area contributed by atoms with Crippen molar-refractivity contribution in [2.45, 2.75) is 39.5 Å². The summed E-state index contributed by atoms with van der Waals surface area (Å²) in [6.07, 6.45) is 2.42. The largest absolute Gasteiger partial charge is 0.0648 e. The molecule has 112 valence electrons. The Morgan fingerprint density at radius 1 is 0.818 bits per heavy atom. The van der Waals surface area contributed by atoms with Gasteiger partial charge < -0.3 is 0 Å². The molecule has 0 aliphatic heterocycles. The zero-order valence-corrected chi connectivity index (χ0v) is 13.8. The summed E-state index contributed by atoms with van der Waals surface area (Å²) in [6.45, 7) is 6.72. The standard InChI is InChI=1S/C22H24/c1-4-17(5-2)18-10-12-19(13-11-18)22-15-16(3)14-20-8-6-7-9-21(20)22/h6-15,17H,4-5H2,1-3H3. The van der Waals surface area contributed by atoms with E-state index in [9.17, 15) is 0 Å². The topological polar surface area (TPSA) is 0 Å². The lowest BCUT2D eigenvalue weighted by molar-refractivity contribution is 0.642. The molecule has 0 saturated heterocycles. The highest BCUT2D eigenvalue weighted by Crippen LogP contribution is 2.32. The van der Waals surface area contributed by atoms with Crippen molar-refractivity contribution in [3.63, 3.8) is 0 Å². The molecule has 0 amide bonds. The second-order valence-electron chi connectivity index (χ2n) is 6.17. The van der Waals surface area contributed by atoms with E-state index in [0.29, 0.717) is 5.92 Å². The fourth-order valence-electron chi connectivity index (χ4n) is 3.39. The molecule has 0 atom stereocenters. The van der Waals surface area contributed by atoms with Gasteiger partial charge >= 0.3 is 0 Å². The van der Waals surface area contributed by atoms with Gasteiger partial charge in [-0.25, -0.2) is 0 Å². The summed E-state index contributed by atoms with van der Waals surface area (Å²) in [7, 11) is 0. The maximum atomic E-state index is 2.31. The van der Waals surface area contributed by atoms with Crippen LogP contribution < -0.4 is 0 Å². The molecule has 0 saturated carbocycles. The predicted molar refractivity (Wildman–Crippen MR) is 97.4 cm³/mol. The summed E-state index contributed by atoms with van der Waals surface area (Å²) >= 11 is 0. The van der Waals surface area contributed by atoms with Crippen molar-refractivity contribution in [1.29, 1.82) is 0 Å². The summed E-state index contributed by atoms with van der Waals surface area (Å²) in [4.78, 5) is 0. The molecule has 0 aromatic heterocycles. The van der Waals surface area contributed by atoms with Crippen molar-refractivity contribution < 1.29 is 0 Å². The molecule has 22 heavy (non-hydrogen) atoms. The molecule has 0 nitrogen and oxygen atoms in total. The average molecular weight is 288 g/mol. The number of hydrogen-bond donors (Lipinski definition) is 0. The van der Waals surface area contributed by atoms with E-state index in [4.69, 9.17) is 0 Å². The SMILES string of the molecule is CCC(CC)c1ccc(-c2cc(C)cc3ccccc23)cc1. The zero-order chi connectivity index (χ0) is 15.5. The molecule has 0 unspecified atom stereocenters. The van der Waals surface area contributed by atoms with E-state index in [1.807, 2.05) is 0 Å². The average Bonchev–Trinajstić information content (AvgIpc) is 2.56. The van der Waals surface area contributed by atoms with Crippen LogP contribution in [0.2, 0.25) is 0 Å². The summed E-state index contributed by atoms with van der Waals surface area (Å²) in [5, 5.41) is 2.66. The third-order valence-electron chi connectivity index (χ3n) is 4.68. The molecule has 3 aromatic rings. The normalized spacial score (nSPS) is 11.3. The first-order valence-corrected chi connectivity index (χ1v) is 8.32. The van der Waals surface area contributed by atoms with Gasteiger partial charge in [-0.3, -0.25) is 0 Å². The second kappa shape index (κ2) is 6.36. The van der Waals surface area contributed by atoms with Gasteiger partial charge in [0.2, 0.25) is 0 Å². The van der Waals surface area contributed by atoms with Crippen molar-refractivity contribution in [1.82, 2.24) is 0 Å². The first-order valence-electron chi connectivity index (χ1n) is 8.32. The van der Waals surface area contributed by atoms with Gasteiger partial charge in [-0.1, -0.05) is 74.5 Å². The van der Waals surface area contributed by atoms with Gasteiger partial charge in [0.15, 0.2) is 0 Å². The summed E-state index contributed by atoms with van der Waals surface area (Å²) in [6, 6.07) is 22.4. The molecular formula is C22H24. The molecular weight excluding hydrogens is 264 g/mol. The van der Waals surface area contributed by atoms with Crippen LogP contribution in [-0.2, 0) is 0 Å². The highest BCUT2D eigenvalue weighted by atomic mass is 14.1. The Morgan fingerprint density at radius 2 is 1.50 bits per heavy atom. The molecule has 3 aromatic carbocycles. The van der Waals surface area contributed by atoms with Crippen LogP contribution in [0.1, 0.15) is 43.7 Å². The maximum Gasteiger partial charge on any atom is -0.0103 e. The predicted octanol–water partition coefficient (Wildman–Crippen LogP) is 6.72. The Kier molecular flexibility index (Phi) is 4.29. The van der Waals surface area contributed by atoms with E-state index in [1.54, 1.807) is 0 Å². The van der Waals surface area contributed by atoms with Gasteiger partial charge in [-0.15, -0.1) is 0 Å². The Balaban J connectivity index is 2.08. The van der Waals surface area contributed by atoms with Crippen LogP contribution in [0.25, 0.3) is 21.9 Å². The zero-order valence-electron chi connectivity index (χ0n) is 13.8. The van der Waals surface area contributed by atoms with E-state index in [2.05, 4.69) is 81.4 Å². The maximum absolute atomic E-state index is 2.31. The molecule has 3 rings (SSSR count). The summed E-state index contributed by atoms with van der Waals surface area (Å²) in [5.41, 5.74) is 5.43. The quantitative estimate of drug-likeness (QED) is 0.500. The van der Waals surface area contributed by atoms with Crippen LogP contribution in [0.5, 0.6) is 0 Å². The highest BCUT2D eigenvalue weighted by molar-refractivity contribution is 5.97. The molecule has 0 bridgehead atoms. The Bertz CT molecular complexity index is 762. The van der Waals surface area contributed by atoms with Crippen LogP contribution in [0.3, 0.4) is 0 Å². The number of rotatable bonds is 4. The molecule has 0 heterocycles. The van der Waals surface area contributed by atoms with Crippen LogP contribution in [0.4, 0.5) is 0 Å². The second-order valence-corrected chi connectivity index (χ2v) is 6.17. The van der Waals surface area contributed by atoms with Crippen LogP contribution in [0.15, 0.2) is 60.7 Å². The van der Waals surface area contributed by atoms with Crippen LogP contribution in [0, 0.1) is 6.92 Å². The molecule has 0 radical (unpaired) electrons. The number of fused-ring (bicyclic) bond motifs is 1. The first-order chi connectivity index (χ1) is 10.7. The number of aryl methyl sites for hydroxylation is 1. The molecule has 0 aliphatic rings. The molecule has 0 aliphatic carbocycles. The molecule has 0 heteroatoms. The van der Waals surface area contributed by atoms with E-state index in [0.717, 1.165) is 0 Å². The number of benzene rings is 3. The van der Waals surface area contributed by atoms with Crippen molar-refractivity contribution in [2.24, 2.45) is 0 Å². The van der Waals surface area contributed by atoms with E-state index in [-0.39, 0.29) is 0 Å². The Hall–Kier alpha value is -2.08. The fourth-order valence-corrected chi connectivity index (χ4v) is 3.39. The van der Waals surface area contributed by atoms with E-state index in [1.165, 1.54) is 45.9 Å². The van der Waals surface area contributed by atoms with Gasteiger partial charge in [-0.05, 0) is 58.7 Å².